The first-order valence-electron chi connectivity index (χ1n) is 6.43. The quantitative estimate of drug-likeness (QED) is 0.661. The Labute approximate surface area is 133 Å². The van der Waals surface area contributed by atoms with Gasteiger partial charge in [-0.15, -0.1) is 0 Å². The summed E-state index contributed by atoms with van der Waals surface area (Å²) in [5, 5.41) is 16.1. The van der Waals surface area contributed by atoms with E-state index in [-0.39, 0.29) is 11.5 Å². The van der Waals surface area contributed by atoms with Crippen LogP contribution in [0, 0.1) is 11.3 Å². The Hall–Kier alpha value is -1.74. The average Bonchev–Trinajstić information content (AvgIpc) is 2.50. The maximum absolute atomic E-state index is 12.2. The molecule has 0 bridgehead atoms. The molecule has 0 atom stereocenters. The molecule has 0 unspecified atom stereocenters. The zero-order valence-electron chi connectivity index (χ0n) is 11.2. The van der Waals surface area contributed by atoms with Crippen LogP contribution in [0.1, 0.15) is 0 Å². The number of nitriles is 1. The molecule has 0 spiro atoms. The molecule has 1 heterocycles. The lowest BCUT2D eigenvalue weighted by molar-refractivity contribution is -0.127. The Morgan fingerprint density at radius 3 is 2.71 bits per heavy atom. The summed E-state index contributed by atoms with van der Waals surface area (Å²) in [5.74, 6) is -0.281. The van der Waals surface area contributed by atoms with Crippen molar-refractivity contribution < 1.29 is 4.79 Å². The van der Waals surface area contributed by atoms with Gasteiger partial charge >= 0.3 is 0 Å². The van der Waals surface area contributed by atoms with Gasteiger partial charge in [-0.25, -0.2) is 0 Å². The Balaban J connectivity index is 2.09. The molecule has 1 fully saturated rings. The normalized spacial score (nSPS) is 15.5. The number of amides is 1. The zero-order chi connectivity index (χ0) is 15.2. The first-order valence-corrected chi connectivity index (χ1v) is 7.19. The third-order valence-corrected chi connectivity index (χ3v) is 3.61. The minimum Gasteiger partial charge on any atom is -0.359 e. The molecule has 1 saturated heterocycles. The topological polar surface area (TPSA) is 68.2 Å². The Morgan fingerprint density at radius 1 is 1.38 bits per heavy atom. The number of benzene rings is 1. The van der Waals surface area contributed by atoms with Crippen molar-refractivity contribution in [2.45, 2.75) is 0 Å². The van der Waals surface area contributed by atoms with Crippen LogP contribution in [0.3, 0.4) is 0 Å². The lowest BCUT2D eigenvalue weighted by atomic mass is 10.2. The molecule has 1 aromatic carbocycles. The predicted molar refractivity (Wildman–Crippen MR) is 83.2 cm³/mol. The number of carbonyl (C=O) groups is 1. The largest absolute Gasteiger partial charge is 0.359 e. The monoisotopic (exact) mass is 324 g/mol. The van der Waals surface area contributed by atoms with E-state index in [2.05, 4.69) is 10.6 Å². The summed E-state index contributed by atoms with van der Waals surface area (Å²) in [6.45, 7) is 2.67. The van der Waals surface area contributed by atoms with Crippen LogP contribution in [0.15, 0.2) is 30.0 Å². The van der Waals surface area contributed by atoms with Crippen LogP contribution in [0.25, 0.3) is 0 Å². The van der Waals surface area contributed by atoms with Crippen molar-refractivity contribution in [1.82, 2.24) is 10.2 Å². The van der Waals surface area contributed by atoms with Crippen LogP contribution >= 0.6 is 23.2 Å². The maximum atomic E-state index is 12.2. The molecule has 1 aliphatic rings. The highest BCUT2D eigenvalue weighted by atomic mass is 35.5. The van der Waals surface area contributed by atoms with Gasteiger partial charge in [0.1, 0.15) is 11.6 Å². The van der Waals surface area contributed by atoms with E-state index in [0.717, 1.165) is 13.1 Å². The number of halogens is 2. The number of nitrogens with zero attached hydrogens (tertiary/aromatic N) is 2. The van der Waals surface area contributed by atoms with Crippen molar-refractivity contribution in [3.8, 4) is 6.07 Å². The number of nitrogens with one attached hydrogen (secondary N) is 2. The summed E-state index contributed by atoms with van der Waals surface area (Å²) in [6.07, 6.45) is 1.37. The van der Waals surface area contributed by atoms with Gasteiger partial charge in [0, 0.05) is 37.4 Å². The number of carbonyl (C=O) groups excluding carboxylic acids is 1. The molecule has 0 saturated carbocycles. The second-order valence-electron chi connectivity index (χ2n) is 4.48. The molecule has 2 rings (SSSR count). The summed E-state index contributed by atoms with van der Waals surface area (Å²) in [6, 6.07) is 6.87. The maximum Gasteiger partial charge on any atom is 0.266 e. The van der Waals surface area contributed by atoms with Crippen LogP contribution in [-0.2, 0) is 4.79 Å². The van der Waals surface area contributed by atoms with E-state index in [0.29, 0.717) is 28.8 Å². The van der Waals surface area contributed by atoms with E-state index in [9.17, 15) is 4.79 Å². The molecule has 21 heavy (non-hydrogen) atoms. The van der Waals surface area contributed by atoms with E-state index in [1.54, 1.807) is 23.1 Å². The van der Waals surface area contributed by atoms with Crippen molar-refractivity contribution in [2.24, 2.45) is 0 Å². The summed E-state index contributed by atoms with van der Waals surface area (Å²) in [4.78, 5) is 13.9. The zero-order valence-corrected chi connectivity index (χ0v) is 12.7. The molecule has 2 N–H and O–H groups in total. The van der Waals surface area contributed by atoms with Crippen molar-refractivity contribution in [3.05, 3.63) is 40.0 Å². The molecule has 1 aliphatic heterocycles. The SMILES string of the molecule is N#C/C(=C/Nc1ccc(Cl)cc1Cl)C(=O)N1CCNCC1. The highest BCUT2D eigenvalue weighted by Gasteiger charge is 2.19. The molecular weight excluding hydrogens is 311 g/mol. The Morgan fingerprint density at radius 2 is 2.10 bits per heavy atom. The standard InChI is InChI=1S/C14H14Cl2N4O/c15-11-1-2-13(12(16)7-11)19-9-10(8-17)14(21)20-5-3-18-4-6-20/h1-2,7,9,18-19H,3-6H2/b10-9-. The van der Waals surface area contributed by atoms with E-state index >= 15 is 0 Å². The van der Waals surface area contributed by atoms with E-state index < -0.39 is 0 Å². The smallest absolute Gasteiger partial charge is 0.266 e. The lowest BCUT2D eigenvalue weighted by Crippen LogP contribution is -2.46. The summed E-state index contributed by atoms with van der Waals surface area (Å²) in [5.41, 5.74) is 0.629. The summed E-state index contributed by atoms with van der Waals surface area (Å²) < 4.78 is 0. The molecule has 1 aromatic rings. The van der Waals surface area contributed by atoms with Gasteiger partial charge in [-0.05, 0) is 18.2 Å². The fraction of sp³-hybridized carbons (Fsp3) is 0.286. The highest BCUT2D eigenvalue weighted by molar-refractivity contribution is 6.36. The van der Waals surface area contributed by atoms with Gasteiger partial charge in [0.05, 0.1) is 10.7 Å². The second kappa shape index (κ2) is 7.32. The number of piperazine rings is 1. The second-order valence-corrected chi connectivity index (χ2v) is 5.32. The molecular formula is C14H14Cl2N4O. The van der Waals surface area contributed by atoms with Gasteiger partial charge < -0.3 is 15.5 Å². The van der Waals surface area contributed by atoms with Crippen molar-refractivity contribution in [3.63, 3.8) is 0 Å². The van der Waals surface area contributed by atoms with E-state index in [4.69, 9.17) is 28.5 Å². The lowest BCUT2D eigenvalue weighted by Gasteiger charge is -2.27. The molecule has 0 aliphatic carbocycles. The Bertz CT molecular complexity index is 603. The number of anilines is 1. The molecule has 0 radical (unpaired) electrons. The number of rotatable bonds is 3. The first kappa shape index (κ1) is 15.6. The van der Waals surface area contributed by atoms with E-state index in [1.807, 2.05) is 6.07 Å². The van der Waals surface area contributed by atoms with Crippen molar-refractivity contribution >= 4 is 34.8 Å². The molecule has 0 aromatic heterocycles. The fourth-order valence-corrected chi connectivity index (χ4v) is 2.40. The third-order valence-electron chi connectivity index (χ3n) is 3.06. The number of hydrogen-bond acceptors (Lipinski definition) is 4. The van der Waals surface area contributed by atoms with Crippen LogP contribution < -0.4 is 10.6 Å². The predicted octanol–water partition coefficient (Wildman–Crippen LogP) is 2.24. The van der Waals surface area contributed by atoms with E-state index in [1.165, 1.54) is 6.20 Å². The molecule has 110 valence electrons. The number of hydrogen-bond donors (Lipinski definition) is 2. The van der Waals surface area contributed by atoms with Gasteiger partial charge in [0.25, 0.3) is 5.91 Å². The molecule has 1 amide bonds. The fourth-order valence-electron chi connectivity index (χ4n) is 1.94. The van der Waals surface area contributed by atoms with Gasteiger partial charge in [0.15, 0.2) is 0 Å². The summed E-state index contributed by atoms with van der Waals surface area (Å²) >= 11 is 11.8. The van der Waals surface area contributed by atoms with Crippen molar-refractivity contribution in [2.75, 3.05) is 31.5 Å². The minimum atomic E-state index is -0.281. The Kier molecular flexibility index (Phi) is 5.45. The summed E-state index contributed by atoms with van der Waals surface area (Å²) in [7, 11) is 0. The van der Waals surface area contributed by atoms with Crippen LogP contribution in [0.5, 0.6) is 0 Å². The van der Waals surface area contributed by atoms with Gasteiger partial charge in [0.2, 0.25) is 0 Å². The van der Waals surface area contributed by atoms with Gasteiger partial charge in [-0.2, -0.15) is 5.26 Å². The van der Waals surface area contributed by atoms with Crippen LogP contribution in [0.4, 0.5) is 5.69 Å². The molecule has 5 nitrogen and oxygen atoms in total. The van der Waals surface area contributed by atoms with Crippen LogP contribution in [-0.4, -0.2) is 37.0 Å². The molecule has 7 heteroatoms. The minimum absolute atomic E-state index is 0.0444. The van der Waals surface area contributed by atoms with Crippen molar-refractivity contribution in [1.29, 1.82) is 5.26 Å². The van der Waals surface area contributed by atoms with Gasteiger partial charge in [-0.3, -0.25) is 4.79 Å². The first-order chi connectivity index (χ1) is 10.1. The average molecular weight is 325 g/mol. The van der Waals surface area contributed by atoms with Crippen LogP contribution in [0.2, 0.25) is 10.0 Å². The van der Waals surface area contributed by atoms with Gasteiger partial charge in [-0.1, -0.05) is 23.2 Å². The third kappa shape index (κ3) is 4.11. The highest BCUT2D eigenvalue weighted by Crippen LogP contribution is 2.25.